The lowest BCUT2D eigenvalue weighted by molar-refractivity contribution is 0.620. The Hall–Kier alpha value is -2.74. The second-order valence-corrected chi connectivity index (χ2v) is 4.22. The number of nitrogens with zero attached hydrogens (tertiary/aromatic N) is 4. The molecule has 2 aromatic heterocycles. The number of hydrogen-bond acceptors (Lipinski definition) is 3. The fourth-order valence-corrected chi connectivity index (χ4v) is 1.96. The van der Waals surface area contributed by atoms with Crippen LogP contribution in [0.4, 0.5) is 4.39 Å². The largest absolute Gasteiger partial charge is 0.282 e. The van der Waals surface area contributed by atoms with Gasteiger partial charge < -0.3 is 0 Å². The molecule has 0 spiro atoms. The first-order valence-electron chi connectivity index (χ1n) is 5.71. The molecule has 0 bridgehead atoms. The van der Waals surface area contributed by atoms with E-state index in [4.69, 9.17) is 5.26 Å². The van der Waals surface area contributed by atoms with Gasteiger partial charge in [0.25, 0.3) is 0 Å². The highest BCUT2D eigenvalue weighted by Crippen LogP contribution is 2.23. The molecule has 2 heterocycles. The highest BCUT2D eigenvalue weighted by molar-refractivity contribution is 5.62. The van der Waals surface area contributed by atoms with Gasteiger partial charge in [-0.1, -0.05) is 12.1 Å². The van der Waals surface area contributed by atoms with Crippen LogP contribution in [0.5, 0.6) is 0 Å². The fourth-order valence-electron chi connectivity index (χ4n) is 1.96. The van der Waals surface area contributed by atoms with E-state index in [1.807, 2.05) is 6.07 Å². The summed E-state index contributed by atoms with van der Waals surface area (Å²) in [4.78, 5) is 0. The molecular weight excluding hydrogens is 243 g/mol. The van der Waals surface area contributed by atoms with Crippen molar-refractivity contribution in [3.63, 3.8) is 0 Å². The van der Waals surface area contributed by atoms with E-state index < -0.39 is 0 Å². The zero-order valence-corrected chi connectivity index (χ0v) is 10.1. The second-order valence-electron chi connectivity index (χ2n) is 4.22. The summed E-state index contributed by atoms with van der Waals surface area (Å²) in [6.07, 6.45) is 1.67. The lowest BCUT2D eigenvalue weighted by Gasteiger charge is -2.03. The summed E-state index contributed by atoms with van der Waals surface area (Å²) in [6, 6.07) is 10.4. The maximum absolute atomic E-state index is 14.1. The summed E-state index contributed by atoms with van der Waals surface area (Å²) in [5.74, 6) is 0.127. The van der Waals surface area contributed by atoms with Crippen molar-refractivity contribution >= 4 is 5.65 Å². The minimum atomic E-state index is -0.304. The summed E-state index contributed by atoms with van der Waals surface area (Å²) in [7, 11) is 0. The Balaban J connectivity index is 2.27. The second kappa shape index (κ2) is 4.18. The molecular formula is C14H9FN4. The van der Waals surface area contributed by atoms with Crippen molar-refractivity contribution in [2.24, 2.45) is 0 Å². The predicted molar refractivity (Wildman–Crippen MR) is 67.8 cm³/mol. The molecule has 0 saturated carbocycles. The van der Waals surface area contributed by atoms with Crippen molar-refractivity contribution in [3.05, 3.63) is 53.5 Å². The molecule has 1 aromatic carbocycles. The van der Waals surface area contributed by atoms with Crippen LogP contribution in [0.15, 0.2) is 36.5 Å². The van der Waals surface area contributed by atoms with Gasteiger partial charge >= 0.3 is 0 Å². The number of fused-ring (bicyclic) bond motifs is 1. The van der Waals surface area contributed by atoms with E-state index in [9.17, 15) is 4.39 Å². The minimum Gasteiger partial charge on any atom is -0.282 e. The molecule has 0 atom stereocenters. The molecule has 0 aliphatic heterocycles. The van der Waals surface area contributed by atoms with Gasteiger partial charge in [0.2, 0.25) is 0 Å². The molecule has 19 heavy (non-hydrogen) atoms. The van der Waals surface area contributed by atoms with E-state index in [-0.39, 0.29) is 5.82 Å². The van der Waals surface area contributed by atoms with Gasteiger partial charge in [0.1, 0.15) is 5.82 Å². The lowest BCUT2D eigenvalue weighted by atomic mass is 10.1. The number of benzene rings is 1. The zero-order valence-electron chi connectivity index (χ0n) is 10.1. The fraction of sp³-hybridized carbons (Fsp3) is 0.0714. The van der Waals surface area contributed by atoms with Crippen LogP contribution in [0, 0.1) is 24.1 Å². The number of aryl methyl sites for hydroxylation is 1. The molecule has 0 aliphatic rings. The average Bonchev–Trinajstić information content (AvgIpc) is 2.84. The molecule has 0 aliphatic carbocycles. The van der Waals surface area contributed by atoms with Gasteiger partial charge in [-0.05, 0) is 24.6 Å². The molecule has 0 amide bonds. The standard InChI is InChI=1S/C14H9FN4/c1-9-3-2-4-11(13(9)15)14-18-17-12-7-10(8-16)5-6-19(12)14/h2-7H,1H3. The molecule has 4 nitrogen and oxygen atoms in total. The molecule has 0 N–H and O–H groups in total. The molecule has 0 unspecified atom stereocenters. The van der Waals surface area contributed by atoms with E-state index in [2.05, 4.69) is 10.2 Å². The first-order chi connectivity index (χ1) is 9.20. The number of nitriles is 1. The van der Waals surface area contributed by atoms with Gasteiger partial charge in [-0.15, -0.1) is 10.2 Å². The smallest absolute Gasteiger partial charge is 0.171 e. The summed E-state index contributed by atoms with van der Waals surface area (Å²) in [5.41, 5.74) is 1.98. The minimum absolute atomic E-state index is 0.304. The number of pyridine rings is 1. The molecule has 92 valence electrons. The summed E-state index contributed by atoms with van der Waals surface area (Å²) in [5, 5.41) is 16.8. The average molecular weight is 252 g/mol. The van der Waals surface area contributed by atoms with Crippen molar-refractivity contribution in [2.45, 2.75) is 6.92 Å². The molecule has 0 radical (unpaired) electrons. The van der Waals surface area contributed by atoms with Crippen LogP contribution >= 0.6 is 0 Å². The van der Waals surface area contributed by atoms with Crippen LogP contribution in [0.25, 0.3) is 17.0 Å². The Morgan fingerprint density at radius 1 is 1.26 bits per heavy atom. The zero-order chi connectivity index (χ0) is 13.4. The van der Waals surface area contributed by atoms with Crippen LogP contribution < -0.4 is 0 Å². The monoisotopic (exact) mass is 252 g/mol. The molecule has 0 fully saturated rings. The van der Waals surface area contributed by atoms with E-state index in [0.717, 1.165) is 0 Å². The molecule has 3 rings (SSSR count). The summed E-state index contributed by atoms with van der Waals surface area (Å²) in [6.45, 7) is 1.70. The first-order valence-corrected chi connectivity index (χ1v) is 5.71. The van der Waals surface area contributed by atoms with Crippen LogP contribution in [-0.4, -0.2) is 14.6 Å². The van der Waals surface area contributed by atoms with Crippen molar-refractivity contribution in [1.29, 1.82) is 5.26 Å². The van der Waals surface area contributed by atoms with Gasteiger partial charge in [0.15, 0.2) is 11.5 Å². The Kier molecular flexibility index (Phi) is 2.50. The maximum Gasteiger partial charge on any atom is 0.171 e. The highest BCUT2D eigenvalue weighted by atomic mass is 19.1. The normalized spacial score (nSPS) is 10.6. The summed E-state index contributed by atoms with van der Waals surface area (Å²) < 4.78 is 15.8. The number of aromatic nitrogens is 3. The van der Waals surface area contributed by atoms with Crippen LogP contribution in [0.1, 0.15) is 11.1 Å². The highest BCUT2D eigenvalue weighted by Gasteiger charge is 2.13. The van der Waals surface area contributed by atoms with Gasteiger partial charge in [0, 0.05) is 12.3 Å². The van der Waals surface area contributed by atoms with Gasteiger partial charge in [0.05, 0.1) is 17.2 Å². The Labute approximate surface area is 108 Å². The predicted octanol–water partition coefficient (Wildman–Crippen LogP) is 2.72. The Morgan fingerprint density at radius 2 is 2.11 bits per heavy atom. The van der Waals surface area contributed by atoms with Gasteiger partial charge in [-0.2, -0.15) is 5.26 Å². The third kappa shape index (κ3) is 1.74. The number of halogens is 1. The lowest BCUT2D eigenvalue weighted by Crippen LogP contribution is -1.94. The van der Waals surface area contributed by atoms with E-state index >= 15 is 0 Å². The van der Waals surface area contributed by atoms with Crippen LogP contribution in [0.2, 0.25) is 0 Å². The Morgan fingerprint density at radius 3 is 2.89 bits per heavy atom. The van der Waals surface area contributed by atoms with Crippen molar-refractivity contribution in [3.8, 4) is 17.5 Å². The van der Waals surface area contributed by atoms with E-state index in [1.165, 1.54) is 0 Å². The first kappa shape index (κ1) is 11.4. The van der Waals surface area contributed by atoms with Crippen LogP contribution in [0.3, 0.4) is 0 Å². The van der Waals surface area contributed by atoms with Gasteiger partial charge in [-0.3, -0.25) is 4.40 Å². The third-order valence-electron chi connectivity index (χ3n) is 2.97. The topological polar surface area (TPSA) is 54.0 Å². The third-order valence-corrected chi connectivity index (χ3v) is 2.97. The molecule has 5 heteroatoms. The van der Waals surface area contributed by atoms with E-state index in [1.54, 1.807) is 47.9 Å². The van der Waals surface area contributed by atoms with Crippen LogP contribution in [-0.2, 0) is 0 Å². The van der Waals surface area contributed by atoms with Crippen molar-refractivity contribution < 1.29 is 4.39 Å². The number of rotatable bonds is 1. The van der Waals surface area contributed by atoms with Crippen molar-refractivity contribution in [1.82, 2.24) is 14.6 Å². The quantitative estimate of drug-likeness (QED) is 0.669. The van der Waals surface area contributed by atoms with E-state index in [0.29, 0.717) is 28.2 Å². The molecule has 0 saturated heterocycles. The SMILES string of the molecule is Cc1cccc(-c2nnc3cc(C#N)ccn23)c1F. The van der Waals surface area contributed by atoms with Gasteiger partial charge in [-0.25, -0.2) is 4.39 Å². The maximum atomic E-state index is 14.1. The van der Waals surface area contributed by atoms with Crippen molar-refractivity contribution in [2.75, 3.05) is 0 Å². The number of hydrogen-bond donors (Lipinski definition) is 0. The molecule has 3 aromatic rings. The Bertz CT molecular complexity index is 814. The summed E-state index contributed by atoms with van der Waals surface area (Å²) >= 11 is 0.